The van der Waals surface area contributed by atoms with Crippen LogP contribution in [0.1, 0.15) is 57.0 Å². The molecule has 8 nitrogen and oxygen atoms in total. The Balaban J connectivity index is 0.00000180. The van der Waals surface area contributed by atoms with Crippen LogP contribution in [0.3, 0.4) is 0 Å². The molecule has 36 heavy (non-hydrogen) atoms. The minimum atomic E-state index is 0. The van der Waals surface area contributed by atoms with Crippen molar-refractivity contribution >= 4 is 16.7 Å². The van der Waals surface area contributed by atoms with E-state index in [0.717, 1.165) is 48.1 Å². The summed E-state index contributed by atoms with van der Waals surface area (Å²) in [6.45, 7) is 11.1. The average Bonchev–Trinajstić information content (AvgIpc) is 3.23. The number of rotatable bonds is 7. The summed E-state index contributed by atoms with van der Waals surface area (Å²) in [6, 6.07) is 4.69. The highest BCUT2D eigenvalue weighted by atomic mass is 35.5. The zero-order chi connectivity index (χ0) is 23.7. The Morgan fingerprint density at radius 3 is 2.44 bits per heavy atom. The quantitative estimate of drug-likeness (QED) is 0.315. The Labute approximate surface area is 225 Å². The Hall–Kier alpha value is -1.87. The summed E-state index contributed by atoms with van der Waals surface area (Å²) in [5, 5.41) is 0. The molecule has 5 rings (SSSR count). The second kappa shape index (κ2) is 12.6. The van der Waals surface area contributed by atoms with Gasteiger partial charge in [0.25, 0.3) is 5.56 Å². The van der Waals surface area contributed by atoms with Gasteiger partial charge in [0.2, 0.25) is 5.88 Å². The standard InChI is InChI=1S/C26H38N6O2.2ClH/c1-4-22-27-19(2)24-26(33)31(21-9-10-23(34-3)28-25(21)32(22)24)16-8-13-29-17-11-20(12-18-29)30-14-6-5-7-15-30;;/h9-10,20H,4-8,11-18H2,1-3H3;2*1H. The third-order valence-electron chi connectivity index (χ3n) is 8.10. The summed E-state index contributed by atoms with van der Waals surface area (Å²) in [5.74, 6) is 1.42. The molecule has 2 aliphatic heterocycles. The maximum absolute atomic E-state index is 13.6. The fourth-order valence-electron chi connectivity index (χ4n) is 6.26. The van der Waals surface area contributed by atoms with Crippen LogP contribution in [-0.4, -0.2) is 64.8 Å². The second-order valence-electron chi connectivity index (χ2n) is 10.2. The molecule has 10 heteroatoms. The maximum atomic E-state index is 13.6. The summed E-state index contributed by atoms with van der Waals surface area (Å²) in [4.78, 5) is 26.5. The van der Waals surface area contributed by atoms with Crippen molar-refractivity contribution < 1.29 is 39.4 Å². The largest absolute Gasteiger partial charge is 1.00 e. The molecule has 0 spiro atoms. The topological polar surface area (TPSA) is 70.3 Å². The van der Waals surface area contributed by atoms with Gasteiger partial charge in [-0.1, -0.05) is 6.92 Å². The summed E-state index contributed by atoms with van der Waals surface area (Å²) < 4.78 is 9.24. The van der Waals surface area contributed by atoms with Crippen LogP contribution in [0.4, 0.5) is 0 Å². The number of imidazole rings is 1. The van der Waals surface area contributed by atoms with Gasteiger partial charge in [-0.15, -0.1) is 0 Å². The number of quaternary nitrogens is 2. The lowest BCUT2D eigenvalue weighted by atomic mass is 10.00. The van der Waals surface area contributed by atoms with Crippen molar-refractivity contribution in [1.29, 1.82) is 0 Å². The number of hydrogen-bond donors (Lipinski definition) is 2. The minimum Gasteiger partial charge on any atom is -1.00 e. The molecule has 2 aliphatic rings. The maximum Gasteiger partial charge on any atom is 0.277 e. The van der Waals surface area contributed by atoms with Crippen molar-refractivity contribution in [2.24, 2.45) is 0 Å². The highest BCUT2D eigenvalue weighted by Gasteiger charge is 2.30. The molecule has 3 aromatic heterocycles. The van der Waals surface area contributed by atoms with E-state index in [2.05, 4.69) is 11.9 Å². The van der Waals surface area contributed by atoms with E-state index < -0.39 is 0 Å². The number of likely N-dealkylation sites (tertiary alicyclic amines) is 2. The number of nitrogens with zero attached hydrogens (tertiary/aromatic N) is 4. The van der Waals surface area contributed by atoms with E-state index in [9.17, 15) is 4.79 Å². The van der Waals surface area contributed by atoms with Crippen LogP contribution in [0, 0.1) is 6.92 Å². The predicted octanol–water partition coefficient (Wildman–Crippen LogP) is -5.56. The van der Waals surface area contributed by atoms with E-state index in [1.807, 2.05) is 32.9 Å². The van der Waals surface area contributed by atoms with Crippen LogP contribution in [0.5, 0.6) is 5.88 Å². The molecule has 2 N–H and O–H groups in total. The minimum absolute atomic E-state index is 0. The molecule has 2 saturated heterocycles. The zero-order valence-corrected chi connectivity index (χ0v) is 23.3. The van der Waals surface area contributed by atoms with Gasteiger partial charge in [-0.25, -0.2) is 4.98 Å². The number of aromatic nitrogens is 4. The number of ether oxygens (including phenoxy) is 1. The Morgan fingerprint density at radius 1 is 1.06 bits per heavy atom. The Morgan fingerprint density at radius 2 is 1.78 bits per heavy atom. The summed E-state index contributed by atoms with van der Waals surface area (Å²) in [6.07, 6.45) is 8.66. The molecule has 0 bridgehead atoms. The molecule has 3 aromatic rings. The van der Waals surface area contributed by atoms with Crippen molar-refractivity contribution in [3.05, 3.63) is 34.0 Å². The molecular formula is C26H40Cl2N6O2. The van der Waals surface area contributed by atoms with Crippen LogP contribution in [0.25, 0.3) is 16.7 Å². The number of nitrogens with one attached hydrogen (secondary N) is 2. The van der Waals surface area contributed by atoms with E-state index in [-0.39, 0.29) is 30.4 Å². The fourth-order valence-corrected chi connectivity index (χ4v) is 6.26. The number of fused-ring (bicyclic) bond motifs is 3. The molecule has 0 amide bonds. The van der Waals surface area contributed by atoms with Gasteiger partial charge in [0.05, 0.1) is 57.1 Å². The van der Waals surface area contributed by atoms with Crippen molar-refractivity contribution in [2.45, 2.75) is 71.4 Å². The van der Waals surface area contributed by atoms with Crippen LogP contribution in [0.15, 0.2) is 16.9 Å². The van der Waals surface area contributed by atoms with Crippen molar-refractivity contribution in [3.8, 4) is 5.88 Å². The lowest BCUT2D eigenvalue weighted by molar-refractivity contribution is -0.960. The van der Waals surface area contributed by atoms with E-state index in [4.69, 9.17) is 9.72 Å². The van der Waals surface area contributed by atoms with E-state index >= 15 is 0 Å². The number of methoxy groups -OCH3 is 1. The fraction of sp³-hybridized carbons (Fsp3) is 0.654. The van der Waals surface area contributed by atoms with Gasteiger partial charge in [-0.3, -0.25) is 9.20 Å². The van der Waals surface area contributed by atoms with Crippen molar-refractivity contribution in [2.75, 3.05) is 39.8 Å². The number of pyridine rings is 1. The predicted molar refractivity (Wildman–Crippen MR) is 133 cm³/mol. The van der Waals surface area contributed by atoms with Gasteiger partial charge in [0.15, 0.2) is 5.65 Å². The van der Waals surface area contributed by atoms with Gasteiger partial charge in [0.1, 0.15) is 11.3 Å². The van der Waals surface area contributed by atoms with Gasteiger partial charge in [-0.2, -0.15) is 4.98 Å². The molecule has 0 aliphatic carbocycles. The van der Waals surface area contributed by atoms with Gasteiger partial charge in [0, 0.05) is 38.3 Å². The van der Waals surface area contributed by atoms with Crippen LogP contribution in [0.2, 0.25) is 0 Å². The Bertz CT molecular complexity index is 1210. The first-order valence-electron chi connectivity index (χ1n) is 13.2. The molecule has 2 fully saturated rings. The smallest absolute Gasteiger partial charge is 0.277 e. The average molecular weight is 540 g/mol. The third-order valence-corrected chi connectivity index (χ3v) is 8.10. The molecule has 200 valence electrons. The summed E-state index contributed by atoms with van der Waals surface area (Å²) in [7, 11) is 1.63. The molecule has 0 unspecified atom stereocenters. The van der Waals surface area contributed by atoms with Crippen molar-refractivity contribution in [1.82, 2.24) is 18.9 Å². The molecule has 0 atom stereocenters. The van der Waals surface area contributed by atoms with Crippen LogP contribution >= 0.6 is 0 Å². The summed E-state index contributed by atoms with van der Waals surface area (Å²) in [5.41, 5.74) is 3.06. The molecular weight excluding hydrogens is 499 g/mol. The van der Waals surface area contributed by atoms with Crippen LogP contribution in [-0.2, 0) is 13.0 Å². The first-order valence-corrected chi connectivity index (χ1v) is 13.2. The monoisotopic (exact) mass is 538 g/mol. The van der Waals surface area contributed by atoms with Crippen molar-refractivity contribution in [3.63, 3.8) is 0 Å². The van der Waals surface area contributed by atoms with E-state index in [0.29, 0.717) is 17.9 Å². The molecule has 0 saturated carbocycles. The van der Waals surface area contributed by atoms with Crippen LogP contribution < -0.4 is 44.9 Å². The zero-order valence-electron chi connectivity index (χ0n) is 21.8. The van der Waals surface area contributed by atoms with E-state index in [1.165, 1.54) is 58.3 Å². The lowest BCUT2D eigenvalue weighted by Gasteiger charge is -2.36. The summed E-state index contributed by atoms with van der Waals surface area (Å²) >= 11 is 0. The normalized spacial score (nSPS) is 20.8. The molecule has 5 heterocycles. The molecule has 0 aromatic carbocycles. The number of hydrogen-bond acceptors (Lipinski definition) is 4. The second-order valence-corrected chi connectivity index (χ2v) is 10.2. The SMILES string of the molecule is CCc1nc(C)c2c(=O)n(CCC[NH+]3CCC([NH+]4CCCCC4)CC3)c3ccc(OC)nc3n12.[Cl-].[Cl-]. The lowest BCUT2D eigenvalue weighted by Crippen LogP contribution is -3.21. The third kappa shape index (κ3) is 5.52. The van der Waals surface area contributed by atoms with Gasteiger partial charge < -0.3 is 43.9 Å². The highest BCUT2D eigenvalue weighted by Crippen LogP contribution is 2.21. The first-order chi connectivity index (χ1) is 16.6. The number of halogens is 2. The van der Waals surface area contributed by atoms with Gasteiger partial charge >= 0.3 is 0 Å². The molecule has 0 radical (unpaired) electrons. The Kier molecular flexibility index (Phi) is 10.0. The first kappa shape index (κ1) is 28.7. The number of piperidine rings is 2. The van der Waals surface area contributed by atoms with E-state index in [1.54, 1.807) is 12.0 Å². The van der Waals surface area contributed by atoms with Gasteiger partial charge in [-0.05, 0) is 32.3 Å². The highest BCUT2D eigenvalue weighted by molar-refractivity contribution is 5.77. The number of aryl methyl sites for hydroxylation is 3.